The summed E-state index contributed by atoms with van der Waals surface area (Å²) < 4.78 is 28.1. The zero-order valence-electron chi connectivity index (χ0n) is 11.9. The fourth-order valence-electron chi connectivity index (χ4n) is 1.75. The molecule has 0 saturated heterocycles. The van der Waals surface area contributed by atoms with Gasteiger partial charge in [0.2, 0.25) is 0 Å². The highest BCUT2D eigenvalue weighted by molar-refractivity contribution is 5.71. The van der Waals surface area contributed by atoms with E-state index in [9.17, 15) is 8.78 Å². The number of nitrogen functional groups attached to an aromatic ring is 1. The van der Waals surface area contributed by atoms with Crippen molar-refractivity contribution in [2.75, 3.05) is 5.73 Å². The van der Waals surface area contributed by atoms with Gasteiger partial charge in [0.25, 0.3) is 0 Å². The van der Waals surface area contributed by atoms with Crippen LogP contribution in [-0.4, -0.2) is 20.2 Å². The quantitative estimate of drug-likeness (QED) is 0.859. The molecule has 0 amide bonds. The SMILES string of the molecule is CC(n1nnnc1-c1cc(F)c(F)cc1N)C(C)(C)C. The van der Waals surface area contributed by atoms with Crippen LogP contribution >= 0.6 is 0 Å². The van der Waals surface area contributed by atoms with Gasteiger partial charge in [0.15, 0.2) is 17.5 Å². The van der Waals surface area contributed by atoms with Gasteiger partial charge in [0, 0.05) is 17.3 Å². The van der Waals surface area contributed by atoms with Gasteiger partial charge in [-0.25, -0.2) is 13.5 Å². The van der Waals surface area contributed by atoms with Crippen LogP contribution in [0.15, 0.2) is 12.1 Å². The molecule has 2 N–H and O–H groups in total. The first-order valence-electron chi connectivity index (χ1n) is 6.24. The Hall–Kier alpha value is -2.05. The van der Waals surface area contributed by atoms with Gasteiger partial charge in [-0.3, -0.25) is 0 Å². The van der Waals surface area contributed by atoms with E-state index in [-0.39, 0.29) is 22.7 Å². The van der Waals surface area contributed by atoms with Gasteiger partial charge in [0.1, 0.15) is 0 Å². The third-order valence-corrected chi connectivity index (χ3v) is 3.45. The van der Waals surface area contributed by atoms with Crippen molar-refractivity contribution in [3.63, 3.8) is 0 Å². The van der Waals surface area contributed by atoms with E-state index in [2.05, 4.69) is 15.5 Å². The molecule has 2 rings (SSSR count). The maximum atomic E-state index is 13.4. The van der Waals surface area contributed by atoms with Crippen molar-refractivity contribution in [3.8, 4) is 11.4 Å². The molecule has 0 aliphatic rings. The van der Waals surface area contributed by atoms with Gasteiger partial charge in [-0.05, 0) is 28.8 Å². The fourth-order valence-corrected chi connectivity index (χ4v) is 1.75. The summed E-state index contributed by atoms with van der Waals surface area (Å²) in [6.07, 6.45) is 0. The second-order valence-electron chi connectivity index (χ2n) is 5.84. The highest BCUT2D eigenvalue weighted by atomic mass is 19.2. The number of anilines is 1. The zero-order chi connectivity index (χ0) is 15.1. The Morgan fingerprint density at radius 3 is 2.40 bits per heavy atom. The predicted molar refractivity (Wildman–Crippen MR) is 71.7 cm³/mol. The number of aromatic nitrogens is 4. The van der Waals surface area contributed by atoms with Gasteiger partial charge < -0.3 is 5.73 Å². The number of hydrogen-bond acceptors (Lipinski definition) is 4. The number of halogens is 2. The molecule has 0 radical (unpaired) electrons. The van der Waals surface area contributed by atoms with Gasteiger partial charge >= 0.3 is 0 Å². The molecular weight excluding hydrogens is 264 g/mol. The summed E-state index contributed by atoms with van der Waals surface area (Å²) in [5.74, 6) is -1.65. The molecule has 108 valence electrons. The molecule has 2 aromatic rings. The summed E-state index contributed by atoms with van der Waals surface area (Å²) in [5, 5.41) is 11.4. The summed E-state index contributed by atoms with van der Waals surface area (Å²) in [6.45, 7) is 8.07. The molecule has 0 saturated carbocycles. The van der Waals surface area contributed by atoms with Crippen molar-refractivity contribution in [2.24, 2.45) is 5.41 Å². The minimum atomic E-state index is -0.992. The van der Waals surface area contributed by atoms with Crippen molar-refractivity contribution in [1.82, 2.24) is 20.2 Å². The lowest BCUT2D eigenvalue weighted by Crippen LogP contribution is -2.23. The summed E-state index contributed by atoms with van der Waals surface area (Å²) in [6, 6.07) is 1.91. The summed E-state index contributed by atoms with van der Waals surface area (Å²) in [5.41, 5.74) is 6.02. The van der Waals surface area contributed by atoms with Crippen molar-refractivity contribution in [2.45, 2.75) is 33.7 Å². The number of tetrazole rings is 1. The first kappa shape index (κ1) is 14.4. The minimum Gasteiger partial charge on any atom is -0.398 e. The molecule has 0 bridgehead atoms. The molecule has 0 aliphatic heterocycles. The lowest BCUT2D eigenvalue weighted by atomic mass is 9.88. The van der Waals surface area contributed by atoms with E-state index in [0.717, 1.165) is 12.1 Å². The third kappa shape index (κ3) is 2.48. The Morgan fingerprint density at radius 2 is 1.80 bits per heavy atom. The monoisotopic (exact) mass is 281 g/mol. The molecule has 1 aromatic heterocycles. The molecule has 1 unspecified atom stereocenters. The zero-order valence-corrected chi connectivity index (χ0v) is 11.9. The second kappa shape index (κ2) is 4.81. The van der Waals surface area contributed by atoms with Crippen LogP contribution in [0, 0.1) is 17.0 Å². The number of hydrogen-bond donors (Lipinski definition) is 1. The second-order valence-corrected chi connectivity index (χ2v) is 5.84. The molecule has 1 atom stereocenters. The van der Waals surface area contributed by atoms with Gasteiger partial charge in [-0.1, -0.05) is 20.8 Å². The molecule has 1 aromatic carbocycles. The van der Waals surface area contributed by atoms with Crippen molar-refractivity contribution in [3.05, 3.63) is 23.8 Å². The summed E-state index contributed by atoms with van der Waals surface area (Å²) >= 11 is 0. The Kier molecular flexibility index (Phi) is 3.45. The van der Waals surface area contributed by atoms with E-state index < -0.39 is 11.6 Å². The topological polar surface area (TPSA) is 69.6 Å². The van der Waals surface area contributed by atoms with E-state index >= 15 is 0 Å². The molecule has 20 heavy (non-hydrogen) atoms. The molecule has 0 fully saturated rings. The first-order valence-corrected chi connectivity index (χ1v) is 6.24. The Bertz CT molecular complexity index is 630. The van der Waals surface area contributed by atoms with Crippen LogP contribution < -0.4 is 5.73 Å². The molecule has 5 nitrogen and oxygen atoms in total. The predicted octanol–water partition coefficient (Wildman–Crippen LogP) is 2.81. The van der Waals surface area contributed by atoms with Crippen LogP contribution in [0.4, 0.5) is 14.5 Å². The van der Waals surface area contributed by atoms with E-state index in [4.69, 9.17) is 5.73 Å². The van der Waals surface area contributed by atoms with Crippen LogP contribution in [0.2, 0.25) is 0 Å². The maximum absolute atomic E-state index is 13.4. The van der Waals surface area contributed by atoms with Gasteiger partial charge in [-0.15, -0.1) is 5.10 Å². The lowest BCUT2D eigenvalue weighted by Gasteiger charge is -2.27. The number of rotatable bonds is 2. The van der Waals surface area contributed by atoms with Crippen molar-refractivity contribution < 1.29 is 8.78 Å². The third-order valence-electron chi connectivity index (χ3n) is 3.45. The summed E-state index contributed by atoms with van der Waals surface area (Å²) in [7, 11) is 0. The highest BCUT2D eigenvalue weighted by Gasteiger charge is 2.27. The Labute approximate surface area is 115 Å². The number of benzene rings is 1. The number of nitrogens with zero attached hydrogens (tertiary/aromatic N) is 4. The van der Waals surface area contributed by atoms with Crippen LogP contribution in [-0.2, 0) is 0 Å². The average Bonchev–Trinajstić information content (AvgIpc) is 2.80. The van der Waals surface area contributed by atoms with Gasteiger partial charge in [0.05, 0.1) is 6.04 Å². The molecule has 1 heterocycles. The van der Waals surface area contributed by atoms with E-state index in [1.165, 1.54) is 0 Å². The molecule has 0 aliphatic carbocycles. The Balaban J connectivity index is 2.56. The Morgan fingerprint density at radius 1 is 1.20 bits per heavy atom. The molecule has 7 heteroatoms. The standard InChI is InChI=1S/C13H17F2N5/c1-7(13(2,3)4)20-12(17-18-19-20)8-5-9(14)10(15)6-11(8)16/h5-7H,16H2,1-4H3. The molecular formula is C13H17F2N5. The van der Waals surface area contributed by atoms with E-state index in [1.54, 1.807) is 4.68 Å². The fraction of sp³-hybridized carbons (Fsp3) is 0.462. The first-order chi connectivity index (χ1) is 9.21. The van der Waals surface area contributed by atoms with Crippen LogP contribution in [0.25, 0.3) is 11.4 Å². The average molecular weight is 281 g/mol. The van der Waals surface area contributed by atoms with Crippen molar-refractivity contribution in [1.29, 1.82) is 0 Å². The smallest absolute Gasteiger partial charge is 0.184 e. The summed E-state index contributed by atoms with van der Waals surface area (Å²) in [4.78, 5) is 0. The lowest BCUT2D eigenvalue weighted by molar-refractivity contribution is 0.243. The largest absolute Gasteiger partial charge is 0.398 e. The normalized spacial score (nSPS) is 13.5. The van der Waals surface area contributed by atoms with Crippen LogP contribution in [0.3, 0.4) is 0 Å². The van der Waals surface area contributed by atoms with Crippen LogP contribution in [0.5, 0.6) is 0 Å². The van der Waals surface area contributed by atoms with Crippen LogP contribution in [0.1, 0.15) is 33.7 Å². The van der Waals surface area contributed by atoms with E-state index in [0.29, 0.717) is 5.82 Å². The number of nitrogens with two attached hydrogens (primary N) is 1. The molecule has 0 spiro atoms. The maximum Gasteiger partial charge on any atom is 0.184 e. The van der Waals surface area contributed by atoms with Crippen molar-refractivity contribution >= 4 is 5.69 Å². The van der Waals surface area contributed by atoms with Gasteiger partial charge in [-0.2, -0.15) is 0 Å². The minimum absolute atomic E-state index is 0.0417. The highest BCUT2D eigenvalue weighted by Crippen LogP contribution is 2.34. The van der Waals surface area contributed by atoms with E-state index in [1.807, 2.05) is 27.7 Å².